The van der Waals surface area contributed by atoms with E-state index in [1.807, 2.05) is 60.7 Å². The van der Waals surface area contributed by atoms with Gasteiger partial charge in [0.25, 0.3) is 11.8 Å². The third-order valence-electron chi connectivity index (χ3n) is 6.34. The Morgan fingerprint density at radius 1 is 0.595 bits per heavy atom. The number of rotatable bonds is 13. The molecule has 0 aliphatic carbocycles. The first-order valence-corrected chi connectivity index (χ1v) is 13.5. The maximum Gasteiger partial charge on any atom is 0.251 e. The van der Waals surface area contributed by atoms with E-state index in [9.17, 15) is 9.59 Å². The fourth-order valence-electron chi connectivity index (χ4n) is 4.02. The van der Waals surface area contributed by atoms with E-state index in [2.05, 4.69) is 10.6 Å². The second-order valence-electron chi connectivity index (χ2n) is 9.44. The average molecular weight is 559 g/mol. The molecule has 0 aromatic heterocycles. The molecule has 0 saturated heterocycles. The number of hydrogen-bond acceptors (Lipinski definition) is 6. The van der Waals surface area contributed by atoms with Crippen LogP contribution in [0.4, 0.5) is 0 Å². The van der Waals surface area contributed by atoms with Gasteiger partial charge in [0.2, 0.25) is 0 Å². The van der Waals surface area contributed by atoms with Crippen molar-refractivity contribution in [3.63, 3.8) is 0 Å². The van der Waals surface area contributed by atoms with E-state index in [-0.39, 0.29) is 11.8 Å². The van der Waals surface area contributed by atoms with E-state index in [0.717, 1.165) is 35.5 Å². The first-order valence-electron chi connectivity index (χ1n) is 13.5. The Balaban J connectivity index is 1.09. The third kappa shape index (κ3) is 8.97. The summed E-state index contributed by atoms with van der Waals surface area (Å²) in [5.74, 6) is 1.06. The lowest BCUT2D eigenvalue weighted by Gasteiger charge is -2.10. The molecule has 0 radical (unpaired) electrons. The Hall–Kier alpha value is -5.60. The molecule has 0 unspecified atom stereocenters. The molecule has 0 saturated carbocycles. The van der Waals surface area contributed by atoms with E-state index in [4.69, 9.17) is 20.0 Å². The van der Waals surface area contributed by atoms with Gasteiger partial charge in [0.05, 0.1) is 36.5 Å². The quantitative estimate of drug-likeness (QED) is 0.208. The monoisotopic (exact) mass is 558 g/mol. The number of nitriles is 2. The summed E-state index contributed by atoms with van der Waals surface area (Å²) in [6.45, 7) is 1.87. The molecule has 0 spiro atoms. The Bertz CT molecular complexity index is 1460. The van der Waals surface area contributed by atoms with Crippen molar-refractivity contribution in [2.45, 2.75) is 25.9 Å². The van der Waals surface area contributed by atoms with Gasteiger partial charge in [-0.1, -0.05) is 36.4 Å². The summed E-state index contributed by atoms with van der Waals surface area (Å²) in [6.07, 6.45) is 1.66. The molecule has 2 amide bonds. The fourth-order valence-corrected chi connectivity index (χ4v) is 4.02. The highest BCUT2D eigenvalue weighted by atomic mass is 16.5. The lowest BCUT2D eigenvalue weighted by Crippen LogP contribution is -2.22. The van der Waals surface area contributed by atoms with Gasteiger partial charge in [-0.3, -0.25) is 9.59 Å². The molecule has 42 heavy (non-hydrogen) atoms. The van der Waals surface area contributed by atoms with Crippen molar-refractivity contribution in [2.75, 3.05) is 13.2 Å². The highest BCUT2D eigenvalue weighted by Gasteiger charge is 2.07. The van der Waals surface area contributed by atoms with Crippen LogP contribution in [0.25, 0.3) is 0 Å². The zero-order valence-electron chi connectivity index (χ0n) is 23.0. The Morgan fingerprint density at radius 3 is 1.38 bits per heavy atom. The average Bonchev–Trinajstić information content (AvgIpc) is 3.05. The molecule has 2 N–H and O–H groups in total. The molecule has 210 valence electrons. The number of nitrogens with zero attached hydrogens (tertiary/aromatic N) is 2. The second-order valence-corrected chi connectivity index (χ2v) is 9.44. The van der Waals surface area contributed by atoms with Crippen LogP contribution >= 0.6 is 0 Å². The zero-order chi connectivity index (χ0) is 29.6. The van der Waals surface area contributed by atoms with Crippen molar-refractivity contribution < 1.29 is 19.1 Å². The van der Waals surface area contributed by atoms with E-state index < -0.39 is 0 Å². The highest BCUT2D eigenvalue weighted by molar-refractivity contribution is 5.95. The minimum absolute atomic E-state index is 0.227. The number of nitrogens with one attached hydrogen (secondary N) is 2. The minimum Gasteiger partial charge on any atom is -0.494 e. The number of benzene rings is 4. The lowest BCUT2D eigenvalue weighted by atomic mass is 10.1. The van der Waals surface area contributed by atoms with Crippen LogP contribution in [0.15, 0.2) is 97.1 Å². The van der Waals surface area contributed by atoms with Crippen LogP contribution in [0.1, 0.15) is 55.8 Å². The molecule has 8 heteroatoms. The summed E-state index contributed by atoms with van der Waals surface area (Å²) in [6, 6.07) is 32.4. The third-order valence-corrected chi connectivity index (χ3v) is 6.34. The van der Waals surface area contributed by atoms with Crippen LogP contribution in [0.5, 0.6) is 11.5 Å². The van der Waals surface area contributed by atoms with Crippen LogP contribution in [0.3, 0.4) is 0 Å². The second kappa shape index (κ2) is 15.3. The topological polar surface area (TPSA) is 124 Å². The number of hydrogen-bond donors (Lipinski definition) is 2. The Labute approximate surface area is 245 Å². The van der Waals surface area contributed by atoms with Gasteiger partial charge in [-0.25, -0.2) is 0 Å². The molecule has 4 rings (SSSR count). The molecule has 4 aromatic carbocycles. The van der Waals surface area contributed by atoms with E-state index in [1.165, 1.54) is 0 Å². The number of amides is 2. The summed E-state index contributed by atoms with van der Waals surface area (Å²) in [5.41, 5.74) is 3.70. The largest absolute Gasteiger partial charge is 0.494 e. The molecule has 0 aliphatic rings. The fraction of sp³-hybridized carbons (Fsp3) is 0.176. The van der Waals surface area contributed by atoms with Gasteiger partial charge < -0.3 is 20.1 Å². The van der Waals surface area contributed by atoms with Crippen molar-refractivity contribution >= 4 is 11.8 Å². The SMILES string of the molecule is N#Cc1cccc(C(=O)NCc2ccc(OCCCCOc3ccc(CNC(=O)c4cccc(C#N)c4)cc3)cc2)c1. The molecule has 8 nitrogen and oxygen atoms in total. The predicted octanol–water partition coefficient (Wildman–Crippen LogP) is 5.53. The van der Waals surface area contributed by atoms with Crippen LogP contribution in [0.2, 0.25) is 0 Å². The molecular weight excluding hydrogens is 528 g/mol. The van der Waals surface area contributed by atoms with Crippen LogP contribution in [-0.4, -0.2) is 25.0 Å². The Kier molecular flexibility index (Phi) is 10.7. The first kappa shape index (κ1) is 29.4. The van der Waals surface area contributed by atoms with Gasteiger partial charge in [-0.05, 0) is 84.6 Å². The maximum atomic E-state index is 12.3. The summed E-state index contributed by atoms with van der Waals surface area (Å²) < 4.78 is 11.6. The van der Waals surface area contributed by atoms with Gasteiger partial charge in [0, 0.05) is 24.2 Å². The molecule has 0 fully saturated rings. The Morgan fingerprint density at radius 2 is 1.00 bits per heavy atom. The molecule has 0 bridgehead atoms. The van der Waals surface area contributed by atoms with Crippen LogP contribution in [-0.2, 0) is 13.1 Å². The molecule has 4 aromatic rings. The van der Waals surface area contributed by atoms with Crippen molar-refractivity contribution in [3.8, 4) is 23.6 Å². The summed E-state index contributed by atoms with van der Waals surface area (Å²) in [4.78, 5) is 24.6. The van der Waals surface area contributed by atoms with Crippen LogP contribution in [0, 0.1) is 22.7 Å². The summed E-state index contributed by atoms with van der Waals surface area (Å²) >= 11 is 0. The smallest absolute Gasteiger partial charge is 0.251 e. The summed E-state index contributed by atoms with van der Waals surface area (Å²) in [5, 5.41) is 23.7. The van der Waals surface area contributed by atoms with Crippen molar-refractivity contribution in [3.05, 3.63) is 130 Å². The first-order chi connectivity index (χ1) is 20.5. The predicted molar refractivity (Wildman–Crippen MR) is 158 cm³/mol. The van der Waals surface area contributed by atoms with E-state index in [1.54, 1.807) is 48.5 Å². The molecule has 0 atom stereocenters. The maximum absolute atomic E-state index is 12.3. The van der Waals surface area contributed by atoms with E-state index in [0.29, 0.717) is 48.6 Å². The highest BCUT2D eigenvalue weighted by Crippen LogP contribution is 2.15. The van der Waals surface area contributed by atoms with Crippen molar-refractivity contribution in [1.29, 1.82) is 10.5 Å². The minimum atomic E-state index is -0.227. The standard InChI is InChI=1S/C34H30N4O4/c35-21-27-5-3-7-29(19-27)33(39)37-23-25-9-13-31(14-10-25)41-17-1-2-18-42-32-15-11-26(12-16-32)24-38-34(40)30-8-4-6-28(20-30)22-36/h3-16,19-20H,1-2,17-18,23-24H2,(H,37,39)(H,38,40). The van der Waals surface area contributed by atoms with Crippen molar-refractivity contribution in [1.82, 2.24) is 10.6 Å². The number of carbonyl (C=O) groups excluding carboxylic acids is 2. The van der Waals surface area contributed by atoms with Gasteiger partial charge >= 0.3 is 0 Å². The normalized spacial score (nSPS) is 10.1. The zero-order valence-corrected chi connectivity index (χ0v) is 23.0. The van der Waals surface area contributed by atoms with Crippen molar-refractivity contribution in [2.24, 2.45) is 0 Å². The molecular formula is C34H30N4O4. The van der Waals surface area contributed by atoms with Gasteiger partial charge in [-0.2, -0.15) is 10.5 Å². The number of unbranched alkanes of at least 4 members (excludes halogenated alkanes) is 1. The molecule has 0 aliphatic heterocycles. The number of ether oxygens (including phenoxy) is 2. The van der Waals surface area contributed by atoms with Gasteiger partial charge in [0.1, 0.15) is 11.5 Å². The molecule has 0 heterocycles. The van der Waals surface area contributed by atoms with Gasteiger partial charge in [0.15, 0.2) is 0 Å². The number of carbonyl (C=O) groups is 2. The van der Waals surface area contributed by atoms with Gasteiger partial charge in [-0.15, -0.1) is 0 Å². The van der Waals surface area contributed by atoms with Crippen LogP contribution < -0.4 is 20.1 Å². The van der Waals surface area contributed by atoms with E-state index >= 15 is 0 Å². The lowest BCUT2D eigenvalue weighted by molar-refractivity contribution is 0.0943. The summed E-state index contributed by atoms with van der Waals surface area (Å²) in [7, 11) is 0.